The molecule has 1 rings (SSSR count). The SMILES string of the molecule is Cc1occc1C(=O)O. The van der Waals surface area contributed by atoms with Crippen LogP contribution in [-0.4, -0.2) is 11.1 Å². The third kappa shape index (κ3) is 0.937. The Morgan fingerprint density at radius 3 is 2.67 bits per heavy atom. The molecular weight excluding hydrogens is 120 g/mol. The Hall–Kier alpha value is -1.25. The van der Waals surface area contributed by atoms with Gasteiger partial charge < -0.3 is 9.52 Å². The summed E-state index contributed by atoms with van der Waals surface area (Å²) in [6.45, 7) is 1.61. The van der Waals surface area contributed by atoms with Gasteiger partial charge in [0.2, 0.25) is 0 Å². The maximum Gasteiger partial charge on any atom is 0.339 e. The lowest BCUT2D eigenvalue weighted by atomic mass is 10.3. The van der Waals surface area contributed by atoms with Gasteiger partial charge >= 0.3 is 5.97 Å². The number of aryl methyl sites for hydroxylation is 1. The summed E-state index contributed by atoms with van der Waals surface area (Å²) in [5, 5.41) is 8.39. The average molecular weight is 126 g/mol. The Bertz CT molecular complexity index is 224. The van der Waals surface area contributed by atoms with Crippen molar-refractivity contribution in [3.8, 4) is 0 Å². The van der Waals surface area contributed by atoms with E-state index in [9.17, 15) is 4.79 Å². The zero-order chi connectivity index (χ0) is 6.85. The second-order valence-electron chi connectivity index (χ2n) is 1.70. The minimum atomic E-state index is -0.943. The monoisotopic (exact) mass is 126 g/mol. The first-order chi connectivity index (χ1) is 4.22. The van der Waals surface area contributed by atoms with Gasteiger partial charge in [-0.25, -0.2) is 4.79 Å². The number of hydrogen-bond donors (Lipinski definition) is 1. The van der Waals surface area contributed by atoms with Gasteiger partial charge in [0.05, 0.1) is 6.26 Å². The zero-order valence-electron chi connectivity index (χ0n) is 4.92. The highest BCUT2D eigenvalue weighted by atomic mass is 16.4. The molecule has 0 unspecified atom stereocenters. The number of aromatic carboxylic acids is 1. The molecule has 1 N–H and O–H groups in total. The lowest BCUT2D eigenvalue weighted by Gasteiger charge is -1.85. The van der Waals surface area contributed by atoms with Gasteiger partial charge in [0.1, 0.15) is 11.3 Å². The zero-order valence-corrected chi connectivity index (χ0v) is 4.92. The fourth-order valence-electron chi connectivity index (χ4n) is 0.607. The predicted molar refractivity (Wildman–Crippen MR) is 30.4 cm³/mol. The third-order valence-corrected chi connectivity index (χ3v) is 1.09. The summed E-state index contributed by atoms with van der Waals surface area (Å²) in [6, 6.07) is 1.43. The van der Waals surface area contributed by atoms with Gasteiger partial charge in [0.25, 0.3) is 0 Å². The minimum Gasteiger partial charge on any atom is -0.478 e. The Morgan fingerprint density at radius 2 is 2.44 bits per heavy atom. The molecule has 0 aliphatic rings. The summed E-state index contributed by atoms with van der Waals surface area (Å²) in [5.74, 6) is -0.497. The van der Waals surface area contributed by atoms with Gasteiger partial charge in [-0.15, -0.1) is 0 Å². The largest absolute Gasteiger partial charge is 0.478 e. The Morgan fingerprint density at radius 1 is 1.78 bits per heavy atom. The lowest BCUT2D eigenvalue weighted by Crippen LogP contribution is -1.94. The molecule has 0 aliphatic heterocycles. The van der Waals surface area contributed by atoms with Crippen LogP contribution in [0.5, 0.6) is 0 Å². The number of carbonyl (C=O) groups is 1. The lowest BCUT2D eigenvalue weighted by molar-refractivity contribution is 0.0695. The fourth-order valence-corrected chi connectivity index (χ4v) is 0.607. The number of rotatable bonds is 1. The molecule has 0 spiro atoms. The minimum absolute atomic E-state index is 0.231. The molecule has 3 nitrogen and oxygen atoms in total. The van der Waals surface area contributed by atoms with Crippen molar-refractivity contribution in [1.82, 2.24) is 0 Å². The molecule has 0 radical (unpaired) electrons. The van der Waals surface area contributed by atoms with Gasteiger partial charge in [-0.2, -0.15) is 0 Å². The highest BCUT2D eigenvalue weighted by molar-refractivity contribution is 5.88. The van der Waals surface area contributed by atoms with E-state index in [0.717, 1.165) is 0 Å². The van der Waals surface area contributed by atoms with Crippen LogP contribution in [0, 0.1) is 6.92 Å². The quantitative estimate of drug-likeness (QED) is 0.616. The number of carboxylic acids is 1. The van der Waals surface area contributed by atoms with Gasteiger partial charge in [-0.1, -0.05) is 0 Å². The van der Waals surface area contributed by atoms with Crippen molar-refractivity contribution in [3.63, 3.8) is 0 Å². The molecule has 1 aromatic rings. The average Bonchev–Trinajstić information content (AvgIpc) is 2.13. The molecule has 1 heterocycles. The summed E-state index contributed by atoms with van der Waals surface area (Å²) in [4.78, 5) is 10.2. The number of hydrogen-bond acceptors (Lipinski definition) is 2. The van der Waals surface area contributed by atoms with E-state index >= 15 is 0 Å². The van der Waals surface area contributed by atoms with Crippen molar-refractivity contribution in [2.45, 2.75) is 6.92 Å². The van der Waals surface area contributed by atoms with E-state index in [2.05, 4.69) is 0 Å². The van der Waals surface area contributed by atoms with E-state index in [4.69, 9.17) is 9.52 Å². The molecule has 0 saturated carbocycles. The van der Waals surface area contributed by atoms with E-state index < -0.39 is 5.97 Å². The Labute approximate surface area is 51.9 Å². The number of furan rings is 1. The number of carboxylic acid groups (broad SMARTS) is 1. The summed E-state index contributed by atoms with van der Waals surface area (Å²) >= 11 is 0. The first kappa shape index (κ1) is 5.88. The van der Waals surface area contributed by atoms with Gasteiger partial charge in [-0.05, 0) is 13.0 Å². The van der Waals surface area contributed by atoms with E-state index in [-0.39, 0.29) is 5.56 Å². The van der Waals surface area contributed by atoms with Crippen LogP contribution in [0.1, 0.15) is 16.1 Å². The fraction of sp³-hybridized carbons (Fsp3) is 0.167. The van der Waals surface area contributed by atoms with Gasteiger partial charge in [0.15, 0.2) is 0 Å². The second kappa shape index (κ2) is 1.93. The van der Waals surface area contributed by atoms with Gasteiger partial charge in [0, 0.05) is 0 Å². The van der Waals surface area contributed by atoms with Crippen LogP contribution in [-0.2, 0) is 0 Å². The van der Waals surface area contributed by atoms with Crippen molar-refractivity contribution in [2.24, 2.45) is 0 Å². The summed E-state index contributed by atoms with van der Waals surface area (Å²) in [6.07, 6.45) is 1.36. The van der Waals surface area contributed by atoms with Crippen LogP contribution < -0.4 is 0 Å². The molecular formula is C6H6O3. The Kier molecular flexibility index (Phi) is 1.26. The predicted octanol–water partition coefficient (Wildman–Crippen LogP) is 1.29. The highest BCUT2D eigenvalue weighted by Crippen LogP contribution is 2.07. The maximum absolute atomic E-state index is 10.2. The Balaban J connectivity index is 3.08. The van der Waals surface area contributed by atoms with Crippen LogP contribution in [0.4, 0.5) is 0 Å². The molecule has 0 amide bonds. The molecule has 0 aromatic carbocycles. The van der Waals surface area contributed by atoms with Crippen molar-refractivity contribution in [2.75, 3.05) is 0 Å². The molecule has 0 atom stereocenters. The van der Waals surface area contributed by atoms with Crippen LogP contribution in [0.25, 0.3) is 0 Å². The first-order valence-electron chi connectivity index (χ1n) is 2.49. The third-order valence-electron chi connectivity index (χ3n) is 1.09. The standard InChI is InChI=1S/C6H6O3/c1-4-5(6(7)8)2-3-9-4/h2-3H,1H3,(H,7,8). The molecule has 0 saturated heterocycles. The smallest absolute Gasteiger partial charge is 0.339 e. The van der Waals surface area contributed by atoms with E-state index in [1.165, 1.54) is 12.3 Å². The van der Waals surface area contributed by atoms with Crippen molar-refractivity contribution >= 4 is 5.97 Å². The first-order valence-corrected chi connectivity index (χ1v) is 2.49. The van der Waals surface area contributed by atoms with Gasteiger partial charge in [-0.3, -0.25) is 0 Å². The normalized spacial score (nSPS) is 9.44. The van der Waals surface area contributed by atoms with Crippen molar-refractivity contribution in [1.29, 1.82) is 0 Å². The molecule has 1 aromatic heterocycles. The van der Waals surface area contributed by atoms with Crippen LogP contribution in [0.2, 0.25) is 0 Å². The van der Waals surface area contributed by atoms with Crippen molar-refractivity contribution < 1.29 is 14.3 Å². The summed E-state index contributed by atoms with van der Waals surface area (Å²) in [5.41, 5.74) is 0.231. The van der Waals surface area contributed by atoms with Crippen LogP contribution >= 0.6 is 0 Å². The van der Waals surface area contributed by atoms with Crippen LogP contribution in [0.15, 0.2) is 16.7 Å². The second-order valence-corrected chi connectivity index (χ2v) is 1.70. The van der Waals surface area contributed by atoms with E-state index in [1.54, 1.807) is 6.92 Å². The molecule has 0 bridgehead atoms. The highest BCUT2D eigenvalue weighted by Gasteiger charge is 2.07. The van der Waals surface area contributed by atoms with E-state index in [1.807, 2.05) is 0 Å². The topological polar surface area (TPSA) is 50.4 Å². The van der Waals surface area contributed by atoms with E-state index in [0.29, 0.717) is 5.76 Å². The maximum atomic E-state index is 10.2. The molecule has 9 heavy (non-hydrogen) atoms. The molecule has 3 heteroatoms. The van der Waals surface area contributed by atoms with Crippen LogP contribution in [0.3, 0.4) is 0 Å². The summed E-state index contributed by atoms with van der Waals surface area (Å²) < 4.78 is 4.74. The van der Waals surface area contributed by atoms with Crippen molar-refractivity contribution in [3.05, 3.63) is 23.7 Å². The molecule has 0 aliphatic carbocycles. The molecule has 0 fully saturated rings. The summed E-state index contributed by atoms with van der Waals surface area (Å²) in [7, 11) is 0. The molecule has 48 valence electrons.